The number of aromatic nitrogens is 2. The van der Waals surface area contributed by atoms with Crippen LogP contribution in [0.1, 0.15) is 45.2 Å². The van der Waals surface area contributed by atoms with E-state index >= 15 is 0 Å². The van der Waals surface area contributed by atoms with Gasteiger partial charge in [-0.1, -0.05) is 13.8 Å². The molecule has 1 fully saturated rings. The molecule has 0 radical (unpaired) electrons. The number of hydrogen-bond donors (Lipinski definition) is 1. The Morgan fingerprint density at radius 3 is 2.24 bits per heavy atom. The van der Waals surface area contributed by atoms with Gasteiger partial charge in [-0.25, -0.2) is 0 Å². The van der Waals surface area contributed by atoms with Gasteiger partial charge in [0, 0.05) is 57.1 Å². The van der Waals surface area contributed by atoms with Gasteiger partial charge in [0.2, 0.25) is 0 Å². The predicted octanol–water partition coefficient (Wildman–Crippen LogP) is 1.61. The fraction of sp³-hybridized carbons (Fsp3) is 0.812. The van der Waals surface area contributed by atoms with Crippen molar-refractivity contribution in [3.8, 4) is 0 Å². The number of hydrogen-bond acceptors (Lipinski definition) is 4. The Balaban J connectivity index is 2.06. The zero-order valence-corrected chi connectivity index (χ0v) is 14.0. The number of piperazine rings is 1. The second kappa shape index (κ2) is 7.38. The summed E-state index contributed by atoms with van der Waals surface area (Å²) in [6.07, 6.45) is 6.30. The van der Waals surface area contributed by atoms with Gasteiger partial charge in [-0.2, -0.15) is 5.10 Å². The molecule has 5 nitrogen and oxygen atoms in total. The van der Waals surface area contributed by atoms with Crippen molar-refractivity contribution in [1.82, 2.24) is 19.6 Å². The van der Waals surface area contributed by atoms with Crippen LogP contribution in [0.5, 0.6) is 0 Å². The van der Waals surface area contributed by atoms with Crippen molar-refractivity contribution < 1.29 is 0 Å². The van der Waals surface area contributed by atoms with Crippen LogP contribution >= 0.6 is 0 Å². The molecule has 0 aromatic carbocycles. The Morgan fingerprint density at radius 1 is 1.14 bits per heavy atom. The Labute approximate surface area is 129 Å². The number of aryl methyl sites for hydroxylation is 1. The van der Waals surface area contributed by atoms with Crippen LogP contribution in [-0.2, 0) is 7.05 Å². The molecular weight excluding hydrogens is 262 g/mol. The molecule has 1 aromatic heterocycles. The monoisotopic (exact) mass is 293 g/mol. The summed E-state index contributed by atoms with van der Waals surface area (Å²) in [5, 5.41) is 4.33. The Kier molecular flexibility index (Phi) is 5.79. The molecule has 1 aromatic rings. The maximum atomic E-state index is 6.42. The summed E-state index contributed by atoms with van der Waals surface area (Å²) >= 11 is 0. The first-order valence-corrected chi connectivity index (χ1v) is 8.29. The highest BCUT2D eigenvalue weighted by molar-refractivity contribution is 5.14. The molecule has 5 heteroatoms. The molecule has 3 unspecified atom stereocenters. The van der Waals surface area contributed by atoms with Crippen LogP contribution in [0.3, 0.4) is 0 Å². The number of nitrogens with two attached hydrogens (primary N) is 1. The summed E-state index contributed by atoms with van der Waals surface area (Å²) in [4.78, 5) is 5.14. The highest BCUT2D eigenvalue weighted by atomic mass is 15.3. The van der Waals surface area contributed by atoms with Crippen LogP contribution in [0.15, 0.2) is 12.4 Å². The third-order valence-corrected chi connectivity index (χ3v) is 4.90. The fourth-order valence-electron chi connectivity index (χ4n) is 3.26. The third-order valence-electron chi connectivity index (χ3n) is 4.90. The highest BCUT2D eigenvalue weighted by Gasteiger charge is 2.30. The highest BCUT2D eigenvalue weighted by Crippen LogP contribution is 2.26. The van der Waals surface area contributed by atoms with Gasteiger partial charge in [-0.05, 0) is 19.8 Å². The maximum Gasteiger partial charge on any atom is 0.0538 e. The molecule has 2 N–H and O–H groups in total. The normalized spacial score (nSPS) is 22.1. The Hall–Kier alpha value is -0.910. The molecule has 0 bridgehead atoms. The van der Waals surface area contributed by atoms with E-state index in [2.05, 4.69) is 41.9 Å². The standard InChI is InChI=1S/C16H31N5/c1-5-13(3)20-7-9-21(10-8-20)16(15(17)6-2)14-11-18-19(4)12-14/h11-13,15-16H,5-10,17H2,1-4H3. The van der Waals surface area contributed by atoms with E-state index in [4.69, 9.17) is 5.73 Å². The van der Waals surface area contributed by atoms with E-state index in [0.29, 0.717) is 12.1 Å². The van der Waals surface area contributed by atoms with Gasteiger partial charge in [0.15, 0.2) is 0 Å². The Morgan fingerprint density at radius 2 is 1.76 bits per heavy atom. The molecule has 3 atom stereocenters. The van der Waals surface area contributed by atoms with Crippen molar-refractivity contribution in [2.24, 2.45) is 12.8 Å². The van der Waals surface area contributed by atoms with Crippen molar-refractivity contribution >= 4 is 0 Å². The maximum absolute atomic E-state index is 6.42. The molecule has 0 aliphatic carbocycles. The molecule has 1 saturated heterocycles. The topological polar surface area (TPSA) is 50.3 Å². The lowest BCUT2D eigenvalue weighted by Crippen LogP contribution is -2.53. The molecule has 1 aliphatic rings. The quantitative estimate of drug-likeness (QED) is 0.866. The minimum Gasteiger partial charge on any atom is -0.326 e. The molecule has 0 saturated carbocycles. The minimum atomic E-state index is 0.171. The Bertz CT molecular complexity index is 422. The van der Waals surface area contributed by atoms with Crippen molar-refractivity contribution in [1.29, 1.82) is 0 Å². The summed E-state index contributed by atoms with van der Waals surface area (Å²) in [5.41, 5.74) is 7.67. The van der Waals surface area contributed by atoms with Crippen molar-refractivity contribution in [3.63, 3.8) is 0 Å². The van der Waals surface area contributed by atoms with Gasteiger partial charge >= 0.3 is 0 Å². The zero-order valence-electron chi connectivity index (χ0n) is 14.0. The van der Waals surface area contributed by atoms with Crippen LogP contribution in [0.2, 0.25) is 0 Å². The van der Waals surface area contributed by atoms with Gasteiger partial charge in [0.05, 0.1) is 12.2 Å². The SMILES string of the molecule is CCC(N)C(c1cnn(C)c1)N1CCN(C(C)CC)CC1. The predicted molar refractivity (Wildman–Crippen MR) is 87.1 cm³/mol. The summed E-state index contributed by atoms with van der Waals surface area (Å²) in [5.74, 6) is 0. The molecule has 0 amide bonds. The van der Waals surface area contributed by atoms with Gasteiger partial charge in [0.25, 0.3) is 0 Å². The summed E-state index contributed by atoms with van der Waals surface area (Å²) in [7, 11) is 1.97. The second-order valence-corrected chi connectivity index (χ2v) is 6.29. The van der Waals surface area contributed by atoms with E-state index in [1.807, 2.05) is 17.9 Å². The average molecular weight is 293 g/mol. The van der Waals surface area contributed by atoms with Crippen molar-refractivity contribution in [2.75, 3.05) is 26.2 Å². The molecule has 2 heterocycles. The fourth-order valence-corrected chi connectivity index (χ4v) is 3.26. The lowest BCUT2D eigenvalue weighted by atomic mass is 9.98. The van der Waals surface area contributed by atoms with Crippen LogP contribution < -0.4 is 5.73 Å². The second-order valence-electron chi connectivity index (χ2n) is 6.29. The lowest BCUT2D eigenvalue weighted by Gasteiger charge is -2.42. The first-order chi connectivity index (χ1) is 10.1. The molecule has 120 valence electrons. The smallest absolute Gasteiger partial charge is 0.0538 e. The van der Waals surface area contributed by atoms with E-state index in [-0.39, 0.29) is 6.04 Å². The first-order valence-electron chi connectivity index (χ1n) is 8.29. The van der Waals surface area contributed by atoms with Crippen LogP contribution in [-0.4, -0.2) is 57.8 Å². The van der Waals surface area contributed by atoms with Crippen molar-refractivity contribution in [2.45, 2.75) is 51.7 Å². The molecule has 0 spiro atoms. The largest absolute Gasteiger partial charge is 0.326 e. The van der Waals surface area contributed by atoms with Gasteiger partial charge in [0.1, 0.15) is 0 Å². The van der Waals surface area contributed by atoms with E-state index < -0.39 is 0 Å². The van der Waals surface area contributed by atoms with Gasteiger partial charge < -0.3 is 5.73 Å². The third kappa shape index (κ3) is 3.84. The minimum absolute atomic E-state index is 0.171. The van der Waals surface area contributed by atoms with Gasteiger partial charge in [-0.3, -0.25) is 14.5 Å². The van der Waals surface area contributed by atoms with E-state index in [0.717, 1.165) is 32.6 Å². The van der Waals surface area contributed by atoms with E-state index in [1.54, 1.807) is 0 Å². The average Bonchev–Trinajstić information content (AvgIpc) is 2.93. The summed E-state index contributed by atoms with van der Waals surface area (Å²) in [6, 6.07) is 1.15. The number of nitrogens with zero attached hydrogens (tertiary/aromatic N) is 4. The van der Waals surface area contributed by atoms with Gasteiger partial charge in [-0.15, -0.1) is 0 Å². The zero-order chi connectivity index (χ0) is 15.4. The lowest BCUT2D eigenvalue weighted by molar-refractivity contribution is 0.0628. The summed E-state index contributed by atoms with van der Waals surface area (Å²) < 4.78 is 1.88. The molecule has 1 aliphatic heterocycles. The van der Waals surface area contributed by atoms with E-state index in [9.17, 15) is 0 Å². The van der Waals surface area contributed by atoms with Crippen LogP contribution in [0, 0.1) is 0 Å². The molecule has 2 rings (SSSR count). The van der Waals surface area contributed by atoms with Crippen LogP contribution in [0.25, 0.3) is 0 Å². The first kappa shape index (κ1) is 16.5. The molecular formula is C16H31N5. The summed E-state index contributed by atoms with van der Waals surface area (Å²) in [6.45, 7) is 11.2. The number of rotatable bonds is 6. The van der Waals surface area contributed by atoms with Crippen LogP contribution in [0.4, 0.5) is 0 Å². The van der Waals surface area contributed by atoms with E-state index in [1.165, 1.54) is 12.0 Å². The molecule has 21 heavy (non-hydrogen) atoms. The van der Waals surface area contributed by atoms with Crippen molar-refractivity contribution in [3.05, 3.63) is 18.0 Å².